The summed E-state index contributed by atoms with van der Waals surface area (Å²) in [6.45, 7) is 4.43. The van der Waals surface area contributed by atoms with Gasteiger partial charge in [0, 0.05) is 13.0 Å². The third-order valence-corrected chi connectivity index (χ3v) is 4.21. The Morgan fingerprint density at radius 1 is 1.26 bits per heavy atom. The van der Waals surface area contributed by atoms with E-state index in [4.69, 9.17) is 10.8 Å². The average molecular weight is 327 g/mol. The lowest BCUT2D eigenvalue weighted by molar-refractivity contribution is -0.138. The zero-order chi connectivity index (χ0) is 17.2. The van der Waals surface area contributed by atoms with Crippen molar-refractivity contribution in [3.63, 3.8) is 0 Å². The quantitative estimate of drug-likeness (QED) is 0.500. The van der Waals surface area contributed by atoms with Crippen molar-refractivity contribution in [1.29, 1.82) is 0 Å². The number of Topliss-reactive ketones (excluding diaryl/α,β-unsaturated/α-hetero) is 1. The molecule has 7 heteroatoms. The number of nitrogens with one attached hydrogen (secondary N) is 1. The highest BCUT2D eigenvalue weighted by molar-refractivity contribution is 5.77. The summed E-state index contributed by atoms with van der Waals surface area (Å²) in [4.78, 5) is 35.7. The Balaban J connectivity index is 2.06. The second kappa shape index (κ2) is 10.3. The van der Waals surface area contributed by atoms with Crippen molar-refractivity contribution in [3.8, 4) is 0 Å². The van der Waals surface area contributed by atoms with Crippen LogP contribution in [-0.4, -0.2) is 59.9 Å². The van der Waals surface area contributed by atoms with Crippen LogP contribution < -0.4 is 11.1 Å². The van der Waals surface area contributed by atoms with Gasteiger partial charge in [-0.1, -0.05) is 0 Å². The number of hydrogen-bond donors (Lipinski definition) is 3. The number of carbonyl (C=O) groups excluding carboxylic acids is 2. The molecule has 1 fully saturated rings. The highest BCUT2D eigenvalue weighted by atomic mass is 16.4. The fourth-order valence-corrected chi connectivity index (χ4v) is 2.84. The Labute approximate surface area is 137 Å². The van der Waals surface area contributed by atoms with Crippen molar-refractivity contribution in [2.75, 3.05) is 26.2 Å². The normalized spacial score (nSPS) is 17.7. The van der Waals surface area contributed by atoms with Gasteiger partial charge in [0.15, 0.2) is 0 Å². The van der Waals surface area contributed by atoms with E-state index in [1.807, 2.05) is 0 Å². The van der Waals surface area contributed by atoms with E-state index in [1.165, 1.54) is 0 Å². The summed E-state index contributed by atoms with van der Waals surface area (Å²) in [6, 6.07) is -0.814. The summed E-state index contributed by atoms with van der Waals surface area (Å²) in [5.74, 6) is -0.356. The number of aliphatic carboxylic acids is 1. The number of carboxylic acids is 1. The predicted octanol–water partition coefficient (Wildman–Crippen LogP) is 0.376. The molecule has 0 aromatic heterocycles. The molecule has 1 atom stereocenters. The summed E-state index contributed by atoms with van der Waals surface area (Å²) in [5.41, 5.74) is 5.41. The minimum Gasteiger partial charge on any atom is -0.480 e. The number of carbonyl (C=O) groups is 3. The molecular formula is C16H29N3O4. The van der Waals surface area contributed by atoms with Crippen molar-refractivity contribution in [1.82, 2.24) is 10.2 Å². The molecule has 1 heterocycles. The van der Waals surface area contributed by atoms with Crippen LogP contribution in [0.25, 0.3) is 0 Å². The van der Waals surface area contributed by atoms with Crippen LogP contribution in [0, 0.1) is 5.92 Å². The van der Waals surface area contributed by atoms with Crippen LogP contribution in [0.15, 0.2) is 0 Å². The number of amides is 1. The number of hydrogen-bond acceptors (Lipinski definition) is 5. The van der Waals surface area contributed by atoms with Gasteiger partial charge in [0.2, 0.25) is 5.91 Å². The lowest BCUT2D eigenvalue weighted by Crippen LogP contribution is -2.38. The molecule has 23 heavy (non-hydrogen) atoms. The van der Waals surface area contributed by atoms with Gasteiger partial charge in [-0.05, 0) is 58.0 Å². The van der Waals surface area contributed by atoms with Crippen LogP contribution in [-0.2, 0) is 14.4 Å². The largest absolute Gasteiger partial charge is 0.480 e. The second-order valence-corrected chi connectivity index (χ2v) is 6.42. The average Bonchev–Trinajstić information content (AvgIpc) is 2.48. The van der Waals surface area contributed by atoms with Crippen LogP contribution in [0.2, 0.25) is 0 Å². The van der Waals surface area contributed by atoms with Gasteiger partial charge in [0.1, 0.15) is 11.8 Å². The molecule has 132 valence electrons. The number of carboxylic acid groups (broad SMARTS) is 1. The van der Waals surface area contributed by atoms with Crippen LogP contribution in [0.5, 0.6) is 0 Å². The SMILES string of the molecule is CC(=O)CN1CCC(CC(=O)NCCCC[C@@H](N)C(=O)O)CC1. The third kappa shape index (κ3) is 8.66. The molecule has 4 N–H and O–H groups in total. The molecule has 0 aliphatic carbocycles. The molecule has 0 radical (unpaired) electrons. The summed E-state index contributed by atoms with van der Waals surface area (Å²) >= 11 is 0. The number of unbranched alkanes of at least 4 members (excludes halogenated alkanes) is 1. The number of likely N-dealkylation sites (tertiary alicyclic amines) is 1. The zero-order valence-corrected chi connectivity index (χ0v) is 13.9. The van der Waals surface area contributed by atoms with Gasteiger partial charge in [-0.25, -0.2) is 0 Å². The first-order valence-corrected chi connectivity index (χ1v) is 8.35. The highest BCUT2D eigenvalue weighted by Gasteiger charge is 2.21. The minimum atomic E-state index is -0.981. The molecule has 0 aromatic rings. The molecule has 0 bridgehead atoms. The van der Waals surface area contributed by atoms with Crippen molar-refractivity contribution in [3.05, 3.63) is 0 Å². The van der Waals surface area contributed by atoms with Crippen molar-refractivity contribution in [2.24, 2.45) is 11.7 Å². The summed E-state index contributed by atoms with van der Waals surface area (Å²) in [6.07, 6.45) is 4.30. The lowest BCUT2D eigenvalue weighted by atomic mass is 9.93. The molecule has 0 spiro atoms. The van der Waals surface area contributed by atoms with E-state index in [0.29, 0.717) is 38.3 Å². The molecule has 0 saturated carbocycles. The number of rotatable bonds is 10. The molecular weight excluding hydrogens is 298 g/mol. The molecule has 1 aliphatic rings. The fourth-order valence-electron chi connectivity index (χ4n) is 2.84. The molecule has 7 nitrogen and oxygen atoms in total. The summed E-state index contributed by atoms with van der Waals surface area (Å²) < 4.78 is 0. The first-order valence-electron chi connectivity index (χ1n) is 8.35. The van der Waals surface area contributed by atoms with Gasteiger partial charge in [0.05, 0.1) is 6.54 Å². The van der Waals surface area contributed by atoms with E-state index < -0.39 is 12.0 Å². The van der Waals surface area contributed by atoms with Crippen molar-refractivity contribution in [2.45, 2.75) is 51.5 Å². The Morgan fingerprint density at radius 2 is 1.91 bits per heavy atom. The number of ketones is 1. The number of piperidine rings is 1. The van der Waals surface area contributed by atoms with E-state index in [-0.39, 0.29) is 11.7 Å². The maximum atomic E-state index is 11.9. The van der Waals surface area contributed by atoms with Crippen molar-refractivity contribution < 1.29 is 19.5 Å². The van der Waals surface area contributed by atoms with E-state index in [2.05, 4.69) is 10.2 Å². The summed E-state index contributed by atoms with van der Waals surface area (Å²) in [7, 11) is 0. The van der Waals surface area contributed by atoms with E-state index in [0.717, 1.165) is 32.4 Å². The Bertz CT molecular complexity index is 406. The molecule has 0 unspecified atom stereocenters. The van der Waals surface area contributed by atoms with Gasteiger partial charge in [0.25, 0.3) is 0 Å². The first-order chi connectivity index (χ1) is 10.9. The van der Waals surface area contributed by atoms with Crippen LogP contribution in [0.4, 0.5) is 0 Å². The molecule has 0 aromatic carbocycles. The Kier molecular flexibility index (Phi) is 8.79. The van der Waals surface area contributed by atoms with Crippen molar-refractivity contribution >= 4 is 17.7 Å². The predicted molar refractivity (Wildman–Crippen MR) is 86.9 cm³/mol. The monoisotopic (exact) mass is 327 g/mol. The standard InChI is InChI=1S/C16H29N3O4/c1-12(20)11-19-8-5-13(6-9-19)10-15(21)18-7-3-2-4-14(17)16(22)23/h13-14H,2-11,17H2,1H3,(H,18,21)(H,22,23)/t14-/m1/s1. The maximum absolute atomic E-state index is 11.9. The van der Waals surface area contributed by atoms with Gasteiger partial charge in [-0.2, -0.15) is 0 Å². The molecule has 1 aliphatic heterocycles. The van der Waals surface area contributed by atoms with Gasteiger partial charge in [-0.15, -0.1) is 0 Å². The summed E-state index contributed by atoms with van der Waals surface area (Å²) in [5, 5.41) is 11.5. The number of nitrogens with zero attached hydrogens (tertiary/aromatic N) is 1. The lowest BCUT2D eigenvalue weighted by Gasteiger charge is -2.30. The Hall–Kier alpha value is -1.47. The molecule has 1 saturated heterocycles. The highest BCUT2D eigenvalue weighted by Crippen LogP contribution is 2.20. The van der Waals surface area contributed by atoms with E-state index >= 15 is 0 Å². The van der Waals surface area contributed by atoms with Gasteiger partial charge >= 0.3 is 5.97 Å². The first kappa shape index (κ1) is 19.6. The van der Waals surface area contributed by atoms with Gasteiger partial charge in [-0.3, -0.25) is 19.3 Å². The van der Waals surface area contributed by atoms with Crippen LogP contribution >= 0.6 is 0 Å². The van der Waals surface area contributed by atoms with Gasteiger partial charge < -0.3 is 16.2 Å². The zero-order valence-electron chi connectivity index (χ0n) is 13.9. The minimum absolute atomic E-state index is 0.0533. The fraction of sp³-hybridized carbons (Fsp3) is 0.812. The van der Waals surface area contributed by atoms with E-state index in [1.54, 1.807) is 6.92 Å². The Morgan fingerprint density at radius 3 is 2.48 bits per heavy atom. The second-order valence-electron chi connectivity index (χ2n) is 6.42. The van der Waals surface area contributed by atoms with Crippen LogP contribution in [0.1, 0.15) is 45.4 Å². The van der Waals surface area contributed by atoms with Crippen LogP contribution in [0.3, 0.4) is 0 Å². The topological polar surface area (TPSA) is 113 Å². The molecule has 1 amide bonds. The maximum Gasteiger partial charge on any atom is 0.320 e. The number of nitrogens with two attached hydrogens (primary N) is 1. The molecule has 1 rings (SSSR count). The third-order valence-electron chi connectivity index (χ3n) is 4.21. The smallest absolute Gasteiger partial charge is 0.320 e. The van der Waals surface area contributed by atoms with E-state index in [9.17, 15) is 14.4 Å².